The molecule has 0 spiro atoms. The van der Waals surface area contributed by atoms with Gasteiger partial charge in [-0.15, -0.1) is 0 Å². The highest BCUT2D eigenvalue weighted by Crippen LogP contribution is 2.12. The molecule has 4 nitrogen and oxygen atoms in total. The minimum atomic E-state index is 0.0504. The molecule has 194 valence electrons. The van der Waals surface area contributed by atoms with Crippen LogP contribution in [0.5, 0.6) is 0 Å². The highest BCUT2D eigenvalue weighted by molar-refractivity contribution is 6.36. The Bertz CT molecular complexity index is 296. The van der Waals surface area contributed by atoms with E-state index in [-0.39, 0.29) is 31.6 Å². The zero-order valence-corrected chi connectivity index (χ0v) is 25.2. The van der Waals surface area contributed by atoms with Crippen LogP contribution in [0.4, 0.5) is 0 Å². The van der Waals surface area contributed by atoms with Crippen LogP contribution in [0.25, 0.3) is 0 Å². The fraction of sp³-hybridized carbons (Fsp3) is 1.00. The molecule has 32 heavy (non-hydrogen) atoms. The molecule has 0 bridgehead atoms. The van der Waals surface area contributed by atoms with Crippen molar-refractivity contribution in [2.24, 2.45) is 0 Å². The van der Waals surface area contributed by atoms with Crippen LogP contribution in [-0.2, 0) is 18.9 Å². The van der Waals surface area contributed by atoms with E-state index in [1.165, 1.54) is 62.7 Å². The molecule has 0 saturated carbocycles. The van der Waals surface area contributed by atoms with Crippen LogP contribution in [-0.4, -0.2) is 58.0 Å². The van der Waals surface area contributed by atoms with Crippen molar-refractivity contribution in [2.45, 2.75) is 142 Å². The average molecular weight is 491 g/mol. The normalized spacial score (nSPS) is 12.6. The van der Waals surface area contributed by atoms with E-state index >= 15 is 0 Å². The van der Waals surface area contributed by atoms with Crippen molar-refractivity contribution in [3.05, 3.63) is 0 Å². The summed E-state index contributed by atoms with van der Waals surface area (Å²) in [4.78, 5) is 0. The SMILES string of the molecule is CCCCOC(CC[SiH2]CCCC[SiH2]CCC(OCCCC)OCCCC)OCCCC. The number of unbranched alkanes of at least 4 members (excludes halogenated alkanes) is 5. The molecule has 0 fully saturated rings. The van der Waals surface area contributed by atoms with Gasteiger partial charge in [-0.1, -0.05) is 90.4 Å². The Kier molecular flexibility index (Phi) is 27.8. The standard InChI is InChI=1S/C26H58O4Si2/c1-5-9-17-27-25(28-18-10-6-2)15-23-31-21-13-14-22-32-24-16-26(29-19-11-7-3)30-20-12-8-4/h25-26H,5-24,31-32H2,1-4H3. The Morgan fingerprint density at radius 3 is 1.03 bits per heavy atom. The van der Waals surface area contributed by atoms with Gasteiger partial charge >= 0.3 is 0 Å². The van der Waals surface area contributed by atoms with Gasteiger partial charge in [-0.3, -0.25) is 0 Å². The molecule has 0 N–H and O–H groups in total. The molecule has 0 aliphatic carbocycles. The van der Waals surface area contributed by atoms with Crippen molar-refractivity contribution in [1.29, 1.82) is 0 Å². The van der Waals surface area contributed by atoms with E-state index in [0.29, 0.717) is 0 Å². The zero-order chi connectivity index (χ0) is 23.5. The maximum atomic E-state index is 5.97. The maximum Gasteiger partial charge on any atom is 0.157 e. The third-order valence-corrected chi connectivity index (χ3v) is 9.65. The van der Waals surface area contributed by atoms with Gasteiger partial charge in [0.1, 0.15) is 0 Å². The molecule has 0 aliphatic heterocycles. The van der Waals surface area contributed by atoms with E-state index in [4.69, 9.17) is 18.9 Å². The van der Waals surface area contributed by atoms with Gasteiger partial charge in [0.15, 0.2) is 12.6 Å². The topological polar surface area (TPSA) is 36.9 Å². The van der Waals surface area contributed by atoms with Crippen molar-refractivity contribution in [3.63, 3.8) is 0 Å². The smallest absolute Gasteiger partial charge is 0.157 e. The van der Waals surface area contributed by atoms with Gasteiger partial charge in [0.2, 0.25) is 0 Å². The number of ether oxygens (including phenoxy) is 4. The number of hydrogen-bond donors (Lipinski definition) is 0. The summed E-state index contributed by atoms with van der Waals surface area (Å²) in [7, 11) is 0.101. The van der Waals surface area contributed by atoms with Gasteiger partial charge in [-0.25, -0.2) is 0 Å². The summed E-state index contributed by atoms with van der Waals surface area (Å²) < 4.78 is 23.9. The number of rotatable bonds is 27. The molecule has 0 rings (SSSR count). The zero-order valence-electron chi connectivity index (χ0n) is 22.3. The van der Waals surface area contributed by atoms with Crippen LogP contribution >= 0.6 is 0 Å². The molecule has 0 unspecified atom stereocenters. The molecule has 0 amide bonds. The molecule has 0 atom stereocenters. The van der Waals surface area contributed by atoms with E-state index in [0.717, 1.165) is 65.0 Å². The number of hydrogen-bond acceptors (Lipinski definition) is 4. The van der Waals surface area contributed by atoms with Gasteiger partial charge in [0, 0.05) is 45.5 Å². The summed E-state index contributed by atoms with van der Waals surface area (Å²) in [5, 5.41) is 0. The Balaban J connectivity index is 3.70. The van der Waals surface area contributed by atoms with Gasteiger partial charge in [-0.05, 0) is 38.5 Å². The lowest BCUT2D eigenvalue weighted by Crippen LogP contribution is -2.19. The van der Waals surface area contributed by atoms with Crippen molar-refractivity contribution in [3.8, 4) is 0 Å². The Morgan fingerprint density at radius 1 is 0.438 bits per heavy atom. The van der Waals surface area contributed by atoms with E-state index in [1.807, 2.05) is 0 Å². The molecule has 0 saturated heterocycles. The molecule has 0 radical (unpaired) electrons. The first-order chi connectivity index (χ1) is 15.8. The Labute approximate surface area is 205 Å². The Hall–Kier alpha value is 0.274. The molecule has 0 aromatic heterocycles. The Morgan fingerprint density at radius 2 is 0.750 bits per heavy atom. The predicted molar refractivity (Wildman–Crippen MR) is 146 cm³/mol. The summed E-state index contributed by atoms with van der Waals surface area (Å²) >= 11 is 0. The molecule has 0 aliphatic rings. The van der Waals surface area contributed by atoms with Crippen molar-refractivity contribution in [2.75, 3.05) is 26.4 Å². The van der Waals surface area contributed by atoms with E-state index in [1.54, 1.807) is 0 Å². The van der Waals surface area contributed by atoms with Gasteiger partial charge in [0.05, 0.1) is 0 Å². The predicted octanol–water partition coefficient (Wildman–Crippen LogP) is 6.48. The van der Waals surface area contributed by atoms with Crippen LogP contribution in [0.3, 0.4) is 0 Å². The van der Waals surface area contributed by atoms with Gasteiger partial charge in [-0.2, -0.15) is 0 Å². The third-order valence-electron chi connectivity index (χ3n) is 5.84. The van der Waals surface area contributed by atoms with Crippen molar-refractivity contribution >= 4 is 19.0 Å². The first-order valence-electron chi connectivity index (χ1n) is 14.2. The fourth-order valence-corrected chi connectivity index (χ4v) is 6.91. The lowest BCUT2D eigenvalue weighted by Gasteiger charge is -2.18. The van der Waals surface area contributed by atoms with E-state index in [9.17, 15) is 0 Å². The molecule has 0 aromatic rings. The summed E-state index contributed by atoms with van der Waals surface area (Å²) in [6, 6.07) is 5.72. The van der Waals surface area contributed by atoms with Crippen LogP contribution in [0.2, 0.25) is 24.2 Å². The quantitative estimate of drug-likeness (QED) is 0.0750. The second kappa shape index (κ2) is 27.5. The average Bonchev–Trinajstić information content (AvgIpc) is 2.80. The lowest BCUT2D eigenvalue weighted by atomic mass is 10.3. The second-order valence-corrected chi connectivity index (χ2v) is 13.4. The second-order valence-electron chi connectivity index (χ2n) is 9.16. The summed E-state index contributed by atoms with van der Waals surface area (Å²) in [5.41, 5.74) is 0. The highest BCUT2D eigenvalue weighted by atomic mass is 28.2. The highest BCUT2D eigenvalue weighted by Gasteiger charge is 2.10. The van der Waals surface area contributed by atoms with Crippen LogP contribution in [0.1, 0.15) is 105 Å². The van der Waals surface area contributed by atoms with E-state index < -0.39 is 0 Å². The first kappa shape index (κ1) is 32.3. The molecule has 0 heterocycles. The van der Waals surface area contributed by atoms with Crippen LogP contribution < -0.4 is 0 Å². The van der Waals surface area contributed by atoms with Crippen LogP contribution in [0, 0.1) is 0 Å². The minimum absolute atomic E-state index is 0.0504. The first-order valence-corrected chi connectivity index (χ1v) is 18.2. The molecular formula is C26H58O4Si2. The maximum absolute atomic E-state index is 5.97. The van der Waals surface area contributed by atoms with Crippen LogP contribution in [0.15, 0.2) is 0 Å². The summed E-state index contributed by atoms with van der Waals surface area (Å²) in [5.74, 6) is 0. The molecule has 0 aromatic carbocycles. The van der Waals surface area contributed by atoms with Crippen molar-refractivity contribution < 1.29 is 18.9 Å². The van der Waals surface area contributed by atoms with Gasteiger partial charge in [0.25, 0.3) is 0 Å². The fourth-order valence-electron chi connectivity index (χ4n) is 3.55. The summed E-state index contributed by atoms with van der Waals surface area (Å²) in [6.07, 6.45) is 14.6. The summed E-state index contributed by atoms with van der Waals surface area (Å²) in [6.45, 7) is 12.3. The van der Waals surface area contributed by atoms with Gasteiger partial charge < -0.3 is 18.9 Å². The lowest BCUT2D eigenvalue weighted by molar-refractivity contribution is -0.144. The molecular weight excluding hydrogens is 432 g/mol. The van der Waals surface area contributed by atoms with E-state index in [2.05, 4.69) is 27.7 Å². The van der Waals surface area contributed by atoms with Crippen molar-refractivity contribution in [1.82, 2.24) is 0 Å². The third kappa shape index (κ3) is 23.4. The largest absolute Gasteiger partial charge is 0.353 e. The minimum Gasteiger partial charge on any atom is -0.353 e. The monoisotopic (exact) mass is 490 g/mol. The molecule has 6 heteroatoms.